The highest BCUT2D eigenvalue weighted by Crippen LogP contribution is 2.33. The van der Waals surface area contributed by atoms with Crippen molar-refractivity contribution in [3.05, 3.63) is 28.8 Å². The first-order valence-electron chi connectivity index (χ1n) is 3.99. The fourth-order valence-corrected chi connectivity index (χ4v) is 1.18. The Kier molecular flexibility index (Phi) is 3.61. The van der Waals surface area contributed by atoms with E-state index in [2.05, 4.69) is 5.32 Å². The number of amides is 2. The normalized spacial score (nSPS) is 11.1. The van der Waals surface area contributed by atoms with Gasteiger partial charge in [0.15, 0.2) is 0 Å². The average molecular weight is 254 g/mol. The minimum absolute atomic E-state index is 0.0395. The lowest BCUT2D eigenvalue weighted by molar-refractivity contribution is -0.137. The van der Waals surface area contributed by atoms with Gasteiger partial charge in [-0.15, -0.1) is 0 Å². The first kappa shape index (κ1) is 12.6. The Labute approximate surface area is 93.5 Å². The Balaban J connectivity index is 2.96. The number of urea groups is 1. The largest absolute Gasteiger partial charge is 0.416 e. The van der Waals surface area contributed by atoms with Gasteiger partial charge in [-0.05, 0) is 18.2 Å². The van der Waals surface area contributed by atoms with Gasteiger partial charge >= 0.3 is 12.2 Å². The Morgan fingerprint density at radius 3 is 2.44 bits per heavy atom. The van der Waals surface area contributed by atoms with Crippen molar-refractivity contribution in [2.75, 3.05) is 5.32 Å². The molecule has 2 amide bonds. The van der Waals surface area contributed by atoms with Crippen molar-refractivity contribution in [2.24, 2.45) is 5.84 Å². The van der Waals surface area contributed by atoms with Gasteiger partial charge in [0, 0.05) is 0 Å². The van der Waals surface area contributed by atoms with E-state index < -0.39 is 17.8 Å². The maximum Gasteiger partial charge on any atom is 0.416 e. The number of nitrogens with two attached hydrogens (primary N) is 1. The summed E-state index contributed by atoms with van der Waals surface area (Å²) in [7, 11) is 0. The highest BCUT2D eigenvalue weighted by Gasteiger charge is 2.30. The number of carbonyl (C=O) groups is 1. The van der Waals surface area contributed by atoms with Crippen LogP contribution in [0, 0.1) is 0 Å². The number of hydrazine groups is 1. The van der Waals surface area contributed by atoms with Crippen LogP contribution < -0.4 is 16.6 Å². The van der Waals surface area contributed by atoms with Crippen LogP contribution in [0.5, 0.6) is 0 Å². The smallest absolute Gasteiger partial charge is 0.305 e. The van der Waals surface area contributed by atoms with Crippen molar-refractivity contribution >= 4 is 23.3 Å². The summed E-state index contributed by atoms with van der Waals surface area (Å²) in [5, 5.41) is 1.94. The molecule has 0 aliphatic rings. The van der Waals surface area contributed by atoms with Gasteiger partial charge in [-0.3, -0.25) is 5.43 Å². The van der Waals surface area contributed by atoms with Crippen LogP contribution >= 0.6 is 11.6 Å². The lowest BCUT2D eigenvalue weighted by atomic mass is 10.2. The average Bonchev–Trinajstić information content (AvgIpc) is 2.19. The maximum atomic E-state index is 12.2. The van der Waals surface area contributed by atoms with E-state index in [-0.39, 0.29) is 10.7 Å². The number of hydrogen-bond acceptors (Lipinski definition) is 2. The first-order chi connectivity index (χ1) is 7.34. The summed E-state index contributed by atoms with van der Waals surface area (Å²) in [4.78, 5) is 10.8. The molecule has 0 bridgehead atoms. The van der Waals surface area contributed by atoms with Crippen LogP contribution in [0.3, 0.4) is 0 Å². The van der Waals surface area contributed by atoms with Crippen molar-refractivity contribution in [2.45, 2.75) is 6.18 Å². The van der Waals surface area contributed by atoms with Gasteiger partial charge in [-0.2, -0.15) is 13.2 Å². The number of halogens is 4. The molecule has 4 nitrogen and oxygen atoms in total. The molecular weight excluding hydrogens is 247 g/mol. The number of hydrogen-bond donors (Lipinski definition) is 3. The number of alkyl halides is 3. The molecule has 1 aromatic rings. The first-order valence-corrected chi connectivity index (χ1v) is 4.36. The van der Waals surface area contributed by atoms with Gasteiger partial charge in [0.2, 0.25) is 0 Å². The molecule has 16 heavy (non-hydrogen) atoms. The fourth-order valence-electron chi connectivity index (χ4n) is 0.951. The molecule has 0 atom stereocenters. The summed E-state index contributed by atoms with van der Waals surface area (Å²) >= 11 is 5.55. The van der Waals surface area contributed by atoms with E-state index in [0.717, 1.165) is 12.1 Å². The van der Waals surface area contributed by atoms with E-state index in [0.29, 0.717) is 6.07 Å². The molecule has 0 unspecified atom stereocenters. The molecule has 0 saturated heterocycles. The van der Waals surface area contributed by atoms with Crippen molar-refractivity contribution in [1.82, 2.24) is 5.43 Å². The molecule has 1 rings (SSSR count). The van der Waals surface area contributed by atoms with Gasteiger partial charge < -0.3 is 5.32 Å². The van der Waals surface area contributed by atoms with Crippen LogP contribution in [-0.4, -0.2) is 6.03 Å². The molecule has 0 radical (unpaired) electrons. The summed E-state index contributed by atoms with van der Waals surface area (Å²) in [6.07, 6.45) is -4.47. The molecule has 1 aromatic carbocycles. The molecule has 0 aromatic heterocycles. The van der Waals surface area contributed by atoms with Crippen LogP contribution in [-0.2, 0) is 6.18 Å². The molecule has 0 aliphatic heterocycles. The predicted octanol–water partition coefficient (Wildman–Crippen LogP) is 2.35. The SMILES string of the molecule is NNC(=O)Nc1ccc(C(F)(F)F)cc1Cl. The summed E-state index contributed by atoms with van der Waals surface area (Å²) in [6.45, 7) is 0. The zero-order valence-electron chi connectivity index (χ0n) is 7.73. The second-order valence-corrected chi connectivity index (χ2v) is 3.20. The molecule has 8 heteroatoms. The number of carbonyl (C=O) groups excluding carboxylic acids is 1. The summed E-state index contributed by atoms with van der Waals surface area (Å²) in [5.74, 6) is 4.78. The molecule has 0 aliphatic carbocycles. The number of nitrogens with one attached hydrogen (secondary N) is 2. The van der Waals surface area contributed by atoms with E-state index in [1.165, 1.54) is 0 Å². The third-order valence-electron chi connectivity index (χ3n) is 1.68. The third kappa shape index (κ3) is 3.01. The minimum atomic E-state index is -4.47. The Morgan fingerprint density at radius 2 is 2.00 bits per heavy atom. The van der Waals surface area contributed by atoms with Crippen LogP contribution in [0.2, 0.25) is 5.02 Å². The Bertz CT molecular complexity index is 408. The molecular formula is C8H7ClF3N3O. The van der Waals surface area contributed by atoms with Gasteiger partial charge in [0.1, 0.15) is 0 Å². The standard InChI is InChI=1S/C8H7ClF3N3O/c9-5-3-4(8(10,11)12)1-2-6(5)14-7(16)15-13/h1-3H,13H2,(H2,14,15,16). The lowest BCUT2D eigenvalue weighted by Crippen LogP contribution is -2.34. The lowest BCUT2D eigenvalue weighted by Gasteiger charge is -2.10. The zero-order valence-corrected chi connectivity index (χ0v) is 8.49. The van der Waals surface area contributed by atoms with Gasteiger partial charge in [-0.25, -0.2) is 10.6 Å². The van der Waals surface area contributed by atoms with Crippen LogP contribution in [0.25, 0.3) is 0 Å². The van der Waals surface area contributed by atoms with Crippen LogP contribution in [0.4, 0.5) is 23.7 Å². The zero-order chi connectivity index (χ0) is 12.3. The van der Waals surface area contributed by atoms with Crippen LogP contribution in [0.1, 0.15) is 5.56 Å². The number of anilines is 1. The predicted molar refractivity (Wildman–Crippen MR) is 52.8 cm³/mol. The molecule has 0 heterocycles. The van der Waals surface area contributed by atoms with E-state index in [1.54, 1.807) is 5.43 Å². The van der Waals surface area contributed by atoms with Crippen molar-refractivity contribution in [3.8, 4) is 0 Å². The monoisotopic (exact) mass is 253 g/mol. The van der Waals surface area contributed by atoms with E-state index in [4.69, 9.17) is 17.4 Å². The third-order valence-corrected chi connectivity index (χ3v) is 1.99. The van der Waals surface area contributed by atoms with Gasteiger partial charge in [0.25, 0.3) is 0 Å². The topological polar surface area (TPSA) is 67.1 Å². The van der Waals surface area contributed by atoms with Crippen molar-refractivity contribution in [1.29, 1.82) is 0 Å². The molecule has 4 N–H and O–H groups in total. The Hall–Kier alpha value is -1.47. The van der Waals surface area contributed by atoms with Crippen molar-refractivity contribution < 1.29 is 18.0 Å². The molecule has 0 saturated carbocycles. The van der Waals surface area contributed by atoms with Gasteiger partial charge in [0.05, 0.1) is 16.3 Å². The Morgan fingerprint density at radius 1 is 1.38 bits per heavy atom. The molecule has 88 valence electrons. The summed E-state index contributed by atoms with van der Waals surface area (Å²) in [5.41, 5.74) is 0.902. The van der Waals surface area contributed by atoms with Gasteiger partial charge in [-0.1, -0.05) is 11.6 Å². The van der Waals surface area contributed by atoms with E-state index in [1.807, 2.05) is 0 Å². The van der Waals surface area contributed by atoms with Crippen LogP contribution in [0.15, 0.2) is 18.2 Å². The minimum Gasteiger partial charge on any atom is -0.305 e. The molecule has 0 spiro atoms. The quantitative estimate of drug-likeness (QED) is 0.409. The highest BCUT2D eigenvalue weighted by molar-refractivity contribution is 6.33. The highest BCUT2D eigenvalue weighted by atomic mass is 35.5. The number of benzene rings is 1. The second-order valence-electron chi connectivity index (χ2n) is 2.79. The van der Waals surface area contributed by atoms with E-state index in [9.17, 15) is 18.0 Å². The fraction of sp³-hybridized carbons (Fsp3) is 0.125. The molecule has 0 fully saturated rings. The van der Waals surface area contributed by atoms with E-state index >= 15 is 0 Å². The number of rotatable bonds is 1. The van der Waals surface area contributed by atoms with Crippen molar-refractivity contribution in [3.63, 3.8) is 0 Å². The second kappa shape index (κ2) is 4.58. The maximum absolute atomic E-state index is 12.2. The summed E-state index contributed by atoms with van der Waals surface area (Å²) in [6, 6.07) is 1.79. The summed E-state index contributed by atoms with van der Waals surface area (Å²) < 4.78 is 36.7.